The van der Waals surface area contributed by atoms with Crippen LogP contribution in [0.5, 0.6) is 0 Å². The third kappa shape index (κ3) is 1.71. The van der Waals surface area contributed by atoms with Crippen molar-refractivity contribution in [3.05, 3.63) is 29.3 Å². The van der Waals surface area contributed by atoms with Gasteiger partial charge in [-0.1, -0.05) is 19.1 Å². The number of nitrogens with two attached hydrogens (primary N) is 1. The molecule has 0 aliphatic heterocycles. The van der Waals surface area contributed by atoms with Gasteiger partial charge in [-0.25, -0.2) is 0 Å². The van der Waals surface area contributed by atoms with E-state index in [4.69, 9.17) is 5.73 Å². The van der Waals surface area contributed by atoms with E-state index in [2.05, 4.69) is 31.8 Å². The summed E-state index contributed by atoms with van der Waals surface area (Å²) in [6.07, 6.45) is 5.57. The summed E-state index contributed by atoms with van der Waals surface area (Å²) in [6, 6.07) is 6.56. The van der Waals surface area contributed by atoms with E-state index in [1.165, 1.54) is 30.7 Å². The van der Waals surface area contributed by atoms with Crippen LogP contribution in [0.15, 0.2) is 18.2 Å². The Morgan fingerprint density at radius 2 is 2.18 bits per heavy atom. The average Bonchev–Trinajstić information content (AvgIpc) is 2.46. The van der Waals surface area contributed by atoms with Gasteiger partial charge < -0.3 is 5.73 Å². The highest BCUT2D eigenvalue weighted by molar-refractivity contribution is 7.56. The topological polar surface area (TPSA) is 26.0 Å². The predicted molar refractivity (Wildman–Crippen MR) is 77.3 cm³/mol. The minimum atomic E-state index is 0.206. The molecule has 17 heavy (non-hydrogen) atoms. The van der Waals surface area contributed by atoms with E-state index in [1.54, 1.807) is 5.56 Å². The molecule has 4 atom stereocenters. The first-order valence-electron chi connectivity index (χ1n) is 6.79. The zero-order valence-corrected chi connectivity index (χ0v) is 11.7. The van der Waals surface area contributed by atoms with Crippen molar-refractivity contribution in [2.45, 2.75) is 31.6 Å². The van der Waals surface area contributed by atoms with Gasteiger partial charge in [0.2, 0.25) is 0 Å². The summed E-state index contributed by atoms with van der Waals surface area (Å²) in [4.78, 5) is 0. The number of benzene rings is 1. The van der Waals surface area contributed by atoms with Crippen LogP contribution in [-0.2, 0) is 0 Å². The highest BCUT2D eigenvalue weighted by Gasteiger charge is 2.46. The monoisotopic (exact) mass is 247 g/mol. The predicted octanol–water partition coefficient (Wildman–Crippen LogP) is 3.99. The molecule has 0 radical (unpaired) electrons. The number of anilines is 1. The molecule has 1 aromatic carbocycles. The van der Waals surface area contributed by atoms with E-state index >= 15 is 0 Å². The van der Waals surface area contributed by atoms with Crippen molar-refractivity contribution in [2.24, 2.45) is 5.92 Å². The summed E-state index contributed by atoms with van der Waals surface area (Å²) in [5, 5.41) is 0. The molecule has 0 amide bonds. The Balaban J connectivity index is 1.95. The summed E-state index contributed by atoms with van der Waals surface area (Å²) < 4.78 is 0. The van der Waals surface area contributed by atoms with E-state index < -0.39 is 0 Å². The molecule has 0 spiro atoms. The van der Waals surface area contributed by atoms with Crippen LogP contribution < -0.4 is 5.73 Å². The lowest BCUT2D eigenvalue weighted by molar-refractivity contribution is 0.250. The standard InChI is InChI=1S/C15H22NP/c1-3-17(2)9-13-11-8-7-10(11)12-5-4-6-14(16)15(12)13/h4-6,10-11,13H,3,7-9,16H2,1-2H3. The van der Waals surface area contributed by atoms with Crippen LogP contribution >= 0.6 is 7.92 Å². The maximum Gasteiger partial charge on any atom is 0.0352 e. The molecule has 3 rings (SSSR count). The first kappa shape index (κ1) is 11.5. The lowest BCUT2D eigenvalue weighted by atomic mass is 9.71. The summed E-state index contributed by atoms with van der Waals surface area (Å²) >= 11 is 0. The number of rotatable bonds is 3. The van der Waals surface area contributed by atoms with Crippen LogP contribution in [0.4, 0.5) is 5.69 Å². The van der Waals surface area contributed by atoms with Gasteiger partial charge in [0.1, 0.15) is 0 Å². The van der Waals surface area contributed by atoms with Gasteiger partial charge in [0.15, 0.2) is 0 Å². The molecule has 1 nitrogen and oxygen atoms in total. The Kier molecular flexibility index (Phi) is 2.91. The second kappa shape index (κ2) is 4.28. The summed E-state index contributed by atoms with van der Waals surface area (Å²) in [5.74, 6) is 2.55. The fourth-order valence-electron chi connectivity index (χ4n) is 3.65. The largest absolute Gasteiger partial charge is 0.398 e. The lowest BCUT2D eigenvalue weighted by Gasteiger charge is -2.35. The number of hydrogen-bond acceptors (Lipinski definition) is 1. The quantitative estimate of drug-likeness (QED) is 0.634. The van der Waals surface area contributed by atoms with E-state index in [-0.39, 0.29) is 7.92 Å². The molecule has 1 aromatic rings. The van der Waals surface area contributed by atoms with Crippen molar-refractivity contribution in [1.82, 2.24) is 0 Å². The second-order valence-corrected chi connectivity index (χ2v) is 8.37. The SMILES string of the molecule is CCP(C)CC1c2c(N)cccc2C2CCC21. The second-order valence-electron chi connectivity index (χ2n) is 5.66. The molecular formula is C15H22NP. The molecule has 1 fully saturated rings. The maximum atomic E-state index is 6.24. The molecule has 0 saturated heterocycles. The Morgan fingerprint density at radius 1 is 1.35 bits per heavy atom. The third-order valence-corrected chi connectivity index (χ3v) is 6.93. The van der Waals surface area contributed by atoms with E-state index in [9.17, 15) is 0 Å². The summed E-state index contributed by atoms with van der Waals surface area (Å²) in [5.41, 5.74) is 10.4. The van der Waals surface area contributed by atoms with Crippen molar-refractivity contribution in [2.75, 3.05) is 24.7 Å². The van der Waals surface area contributed by atoms with Crippen LogP contribution in [0, 0.1) is 5.92 Å². The smallest absolute Gasteiger partial charge is 0.0352 e. The molecule has 4 unspecified atom stereocenters. The highest BCUT2D eigenvalue weighted by atomic mass is 31.1. The van der Waals surface area contributed by atoms with Gasteiger partial charge in [-0.05, 0) is 66.8 Å². The fraction of sp³-hybridized carbons (Fsp3) is 0.600. The molecule has 1 saturated carbocycles. The molecule has 2 aliphatic rings. The van der Waals surface area contributed by atoms with Crippen molar-refractivity contribution in [1.29, 1.82) is 0 Å². The Hall–Kier alpha value is -0.550. The van der Waals surface area contributed by atoms with Gasteiger partial charge >= 0.3 is 0 Å². The van der Waals surface area contributed by atoms with Gasteiger partial charge in [0, 0.05) is 5.69 Å². The molecule has 0 aromatic heterocycles. The first-order chi connectivity index (χ1) is 8.22. The fourth-order valence-corrected chi connectivity index (χ4v) is 5.04. The van der Waals surface area contributed by atoms with Gasteiger partial charge in [0.05, 0.1) is 0 Å². The van der Waals surface area contributed by atoms with Crippen LogP contribution in [0.25, 0.3) is 0 Å². The summed E-state index contributed by atoms with van der Waals surface area (Å²) in [7, 11) is 0.206. The normalized spacial score (nSPS) is 31.5. The zero-order valence-electron chi connectivity index (χ0n) is 10.8. The van der Waals surface area contributed by atoms with Crippen molar-refractivity contribution >= 4 is 13.6 Å². The molecule has 0 bridgehead atoms. The highest BCUT2D eigenvalue weighted by Crippen LogP contribution is 2.61. The van der Waals surface area contributed by atoms with Crippen LogP contribution in [0.2, 0.25) is 0 Å². The van der Waals surface area contributed by atoms with Gasteiger partial charge in [-0.3, -0.25) is 0 Å². The van der Waals surface area contributed by atoms with E-state index in [0.717, 1.165) is 23.4 Å². The number of nitrogen functional groups attached to an aromatic ring is 1. The minimum Gasteiger partial charge on any atom is -0.398 e. The molecular weight excluding hydrogens is 225 g/mol. The Morgan fingerprint density at radius 3 is 2.82 bits per heavy atom. The molecule has 0 heterocycles. The van der Waals surface area contributed by atoms with Crippen LogP contribution in [0.1, 0.15) is 42.7 Å². The molecule has 2 aliphatic carbocycles. The molecule has 2 N–H and O–H groups in total. The van der Waals surface area contributed by atoms with E-state index in [0.29, 0.717) is 0 Å². The third-order valence-electron chi connectivity index (χ3n) is 4.84. The number of fused-ring (bicyclic) bond motifs is 3. The first-order valence-corrected chi connectivity index (χ1v) is 8.95. The van der Waals surface area contributed by atoms with Gasteiger partial charge in [-0.2, -0.15) is 0 Å². The lowest BCUT2D eigenvalue weighted by Crippen LogP contribution is -2.24. The molecule has 92 valence electrons. The minimum absolute atomic E-state index is 0.206. The maximum absolute atomic E-state index is 6.24. The average molecular weight is 247 g/mol. The van der Waals surface area contributed by atoms with Crippen molar-refractivity contribution in [3.63, 3.8) is 0 Å². The molecule has 2 heteroatoms. The number of hydrogen-bond donors (Lipinski definition) is 1. The van der Waals surface area contributed by atoms with Crippen LogP contribution in [-0.4, -0.2) is 19.0 Å². The Bertz CT molecular complexity index is 429. The van der Waals surface area contributed by atoms with Gasteiger partial charge in [-0.15, -0.1) is 7.92 Å². The summed E-state index contributed by atoms with van der Waals surface area (Å²) in [6.45, 7) is 4.77. The van der Waals surface area contributed by atoms with E-state index in [1.807, 2.05) is 0 Å². The van der Waals surface area contributed by atoms with Crippen molar-refractivity contribution in [3.8, 4) is 0 Å². The zero-order chi connectivity index (χ0) is 12.0. The van der Waals surface area contributed by atoms with Gasteiger partial charge in [0.25, 0.3) is 0 Å². The van der Waals surface area contributed by atoms with Crippen LogP contribution in [0.3, 0.4) is 0 Å². The van der Waals surface area contributed by atoms with Crippen molar-refractivity contribution < 1.29 is 0 Å². The Labute approximate surface area is 106 Å².